The van der Waals surface area contributed by atoms with Crippen molar-refractivity contribution in [2.45, 2.75) is 0 Å². The normalized spacial score (nSPS) is 10.9. The highest BCUT2D eigenvalue weighted by atomic mass is 16.4. The van der Waals surface area contributed by atoms with Gasteiger partial charge in [0.2, 0.25) is 5.88 Å². The molecule has 0 atom stereocenters. The minimum absolute atomic E-state index is 0.621. The molecule has 0 aliphatic heterocycles. The molecule has 0 saturated heterocycles. The van der Waals surface area contributed by atoms with Crippen LogP contribution in [0.15, 0.2) is 41.1 Å². The number of hydrogen-bond acceptors (Lipinski definition) is 4. The van der Waals surface area contributed by atoms with E-state index >= 15 is 0 Å². The standard InChI is InChI=1S/C9H6N4O/c1-2-4-8-7(3-1)5-9(14-8)13-6-10-11-12-13/h1-6H. The van der Waals surface area contributed by atoms with Crippen LogP contribution in [-0.4, -0.2) is 20.2 Å². The number of rotatable bonds is 1. The molecule has 14 heavy (non-hydrogen) atoms. The van der Waals surface area contributed by atoms with Crippen molar-refractivity contribution in [1.29, 1.82) is 0 Å². The molecule has 3 rings (SSSR count). The largest absolute Gasteiger partial charge is 0.438 e. The predicted molar refractivity (Wildman–Crippen MR) is 48.9 cm³/mol. The smallest absolute Gasteiger partial charge is 0.224 e. The van der Waals surface area contributed by atoms with Crippen molar-refractivity contribution in [3.8, 4) is 5.88 Å². The summed E-state index contributed by atoms with van der Waals surface area (Å²) in [5, 5.41) is 11.9. The van der Waals surface area contributed by atoms with Gasteiger partial charge in [-0.1, -0.05) is 18.2 Å². The number of tetrazole rings is 1. The molecule has 5 heteroatoms. The van der Waals surface area contributed by atoms with Crippen LogP contribution in [0.3, 0.4) is 0 Å². The molecule has 0 aliphatic rings. The van der Waals surface area contributed by atoms with Gasteiger partial charge in [0.05, 0.1) is 0 Å². The Balaban J connectivity index is 2.24. The summed E-state index contributed by atoms with van der Waals surface area (Å²) in [6, 6.07) is 9.66. The van der Waals surface area contributed by atoms with Crippen molar-refractivity contribution in [1.82, 2.24) is 20.2 Å². The van der Waals surface area contributed by atoms with Gasteiger partial charge in [-0.05, 0) is 16.5 Å². The molecule has 2 heterocycles. The molecule has 0 aliphatic carbocycles. The van der Waals surface area contributed by atoms with E-state index < -0.39 is 0 Å². The van der Waals surface area contributed by atoms with Crippen molar-refractivity contribution in [2.75, 3.05) is 0 Å². The van der Waals surface area contributed by atoms with Crippen molar-refractivity contribution < 1.29 is 4.42 Å². The molecule has 68 valence electrons. The predicted octanol–water partition coefficient (Wildman–Crippen LogP) is 1.41. The fourth-order valence-electron chi connectivity index (χ4n) is 1.34. The summed E-state index contributed by atoms with van der Waals surface area (Å²) < 4.78 is 7.02. The number of nitrogens with zero attached hydrogens (tertiary/aromatic N) is 4. The topological polar surface area (TPSA) is 56.7 Å². The van der Waals surface area contributed by atoms with Crippen molar-refractivity contribution in [3.05, 3.63) is 36.7 Å². The summed E-state index contributed by atoms with van der Waals surface area (Å²) >= 11 is 0. The van der Waals surface area contributed by atoms with E-state index in [-0.39, 0.29) is 0 Å². The lowest BCUT2D eigenvalue weighted by molar-refractivity contribution is 0.552. The van der Waals surface area contributed by atoms with Crippen LogP contribution in [0, 0.1) is 0 Å². The highest BCUT2D eigenvalue weighted by Gasteiger charge is 2.04. The zero-order valence-corrected chi connectivity index (χ0v) is 7.16. The zero-order valence-electron chi connectivity index (χ0n) is 7.16. The van der Waals surface area contributed by atoms with Gasteiger partial charge in [-0.15, -0.1) is 5.10 Å². The lowest BCUT2D eigenvalue weighted by atomic mass is 10.3. The zero-order chi connectivity index (χ0) is 9.38. The monoisotopic (exact) mass is 186 g/mol. The Bertz CT molecular complexity index is 522. The lowest BCUT2D eigenvalue weighted by Gasteiger charge is -1.88. The van der Waals surface area contributed by atoms with Crippen LogP contribution < -0.4 is 0 Å². The minimum Gasteiger partial charge on any atom is -0.438 e. The SMILES string of the molecule is c1ccc2oc(-n3cnnn3)cc2c1. The summed E-state index contributed by atoms with van der Waals surface area (Å²) in [6.45, 7) is 0. The molecule has 0 bridgehead atoms. The Morgan fingerprint density at radius 2 is 2.14 bits per heavy atom. The summed E-state index contributed by atoms with van der Waals surface area (Å²) in [5.41, 5.74) is 0.831. The first-order valence-electron chi connectivity index (χ1n) is 4.15. The first kappa shape index (κ1) is 7.25. The van der Waals surface area contributed by atoms with Gasteiger partial charge in [-0.25, -0.2) is 0 Å². The maximum Gasteiger partial charge on any atom is 0.224 e. The van der Waals surface area contributed by atoms with Gasteiger partial charge in [0.25, 0.3) is 0 Å². The maximum absolute atomic E-state index is 5.53. The van der Waals surface area contributed by atoms with Gasteiger partial charge in [0.1, 0.15) is 11.9 Å². The molecule has 0 unspecified atom stereocenters. The van der Waals surface area contributed by atoms with Crippen LogP contribution in [0.5, 0.6) is 0 Å². The molecule has 0 saturated carbocycles. The first-order chi connectivity index (χ1) is 6.93. The fraction of sp³-hybridized carbons (Fsp3) is 0. The summed E-state index contributed by atoms with van der Waals surface area (Å²) in [4.78, 5) is 0. The van der Waals surface area contributed by atoms with E-state index in [1.807, 2.05) is 30.3 Å². The summed E-state index contributed by atoms with van der Waals surface area (Å²) in [6.07, 6.45) is 1.50. The number of aromatic nitrogens is 4. The number of para-hydroxylation sites is 1. The highest BCUT2D eigenvalue weighted by molar-refractivity contribution is 5.79. The van der Waals surface area contributed by atoms with Crippen LogP contribution in [0.4, 0.5) is 0 Å². The van der Waals surface area contributed by atoms with Gasteiger partial charge in [-0.3, -0.25) is 0 Å². The van der Waals surface area contributed by atoms with E-state index in [1.54, 1.807) is 0 Å². The van der Waals surface area contributed by atoms with Crippen molar-refractivity contribution >= 4 is 11.0 Å². The molecule has 3 aromatic rings. The third-order valence-corrected chi connectivity index (χ3v) is 1.99. The molecule has 1 aromatic carbocycles. The van der Waals surface area contributed by atoms with E-state index in [4.69, 9.17) is 4.42 Å². The Morgan fingerprint density at radius 1 is 1.21 bits per heavy atom. The summed E-state index contributed by atoms with van der Waals surface area (Å²) in [5.74, 6) is 0.621. The number of fused-ring (bicyclic) bond motifs is 1. The van der Waals surface area contributed by atoms with E-state index in [2.05, 4.69) is 15.5 Å². The molecule has 0 amide bonds. The van der Waals surface area contributed by atoms with E-state index in [0.717, 1.165) is 11.0 Å². The average Bonchev–Trinajstić information content (AvgIpc) is 2.86. The Labute approximate surface area is 78.9 Å². The van der Waals surface area contributed by atoms with Gasteiger partial charge >= 0.3 is 0 Å². The molecule has 0 spiro atoms. The van der Waals surface area contributed by atoms with Crippen LogP contribution in [-0.2, 0) is 0 Å². The second kappa shape index (κ2) is 2.66. The van der Waals surface area contributed by atoms with Gasteiger partial charge in [0.15, 0.2) is 0 Å². The molecule has 5 nitrogen and oxygen atoms in total. The fourth-order valence-corrected chi connectivity index (χ4v) is 1.34. The third-order valence-electron chi connectivity index (χ3n) is 1.99. The summed E-state index contributed by atoms with van der Waals surface area (Å²) in [7, 11) is 0. The molecule has 2 aromatic heterocycles. The molecule has 0 N–H and O–H groups in total. The quantitative estimate of drug-likeness (QED) is 0.576. The lowest BCUT2D eigenvalue weighted by Crippen LogP contribution is -1.91. The Kier molecular flexibility index (Phi) is 1.38. The second-order valence-corrected chi connectivity index (χ2v) is 2.88. The second-order valence-electron chi connectivity index (χ2n) is 2.88. The first-order valence-corrected chi connectivity index (χ1v) is 4.15. The van der Waals surface area contributed by atoms with E-state index in [0.29, 0.717) is 5.88 Å². The van der Waals surface area contributed by atoms with Gasteiger partial charge < -0.3 is 4.42 Å². The van der Waals surface area contributed by atoms with Crippen LogP contribution in [0.25, 0.3) is 16.9 Å². The molecule has 0 radical (unpaired) electrons. The number of furan rings is 1. The van der Waals surface area contributed by atoms with Crippen LogP contribution >= 0.6 is 0 Å². The van der Waals surface area contributed by atoms with E-state index in [9.17, 15) is 0 Å². The van der Waals surface area contributed by atoms with Crippen LogP contribution in [0.1, 0.15) is 0 Å². The van der Waals surface area contributed by atoms with Crippen LogP contribution in [0.2, 0.25) is 0 Å². The molecular formula is C9H6N4O. The van der Waals surface area contributed by atoms with Crippen molar-refractivity contribution in [2.24, 2.45) is 0 Å². The average molecular weight is 186 g/mol. The minimum atomic E-state index is 0.621. The van der Waals surface area contributed by atoms with E-state index in [1.165, 1.54) is 11.0 Å². The maximum atomic E-state index is 5.53. The Morgan fingerprint density at radius 3 is 2.93 bits per heavy atom. The van der Waals surface area contributed by atoms with Gasteiger partial charge in [0, 0.05) is 11.5 Å². The van der Waals surface area contributed by atoms with Gasteiger partial charge in [-0.2, -0.15) is 4.68 Å². The molecule has 0 fully saturated rings. The number of benzene rings is 1. The highest BCUT2D eigenvalue weighted by Crippen LogP contribution is 2.20. The number of hydrogen-bond donors (Lipinski definition) is 0. The molecular weight excluding hydrogens is 180 g/mol. The van der Waals surface area contributed by atoms with Crippen molar-refractivity contribution in [3.63, 3.8) is 0 Å². The Hall–Kier alpha value is -2.17. The third kappa shape index (κ3) is 0.990.